The van der Waals surface area contributed by atoms with Crippen LogP contribution < -0.4 is 0 Å². The number of phenols is 1. The predicted molar refractivity (Wildman–Crippen MR) is 66.1 cm³/mol. The molecule has 1 aromatic rings. The minimum atomic E-state index is -3.36. The number of benzene rings is 1. The van der Waals surface area contributed by atoms with E-state index in [0.717, 1.165) is 43.3 Å². The molecule has 0 unspecified atom stereocenters. The minimum Gasteiger partial charge on any atom is -0.507 e. The molecule has 0 bridgehead atoms. The lowest BCUT2D eigenvalue weighted by molar-refractivity contribution is 0.352. The van der Waals surface area contributed by atoms with Crippen LogP contribution in [-0.4, -0.2) is 44.8 Å². The van der Waals surface area contributed by atoms with Gasteiger partial charge in [0.05, 0.1) is 0 Å². The molecule has 2 rings (SSSR count). The Morgan fingerprint density at radius 2 is 1.71 bits per heavy atom. The average molecular weight is 255 g/mol. The van der Waals surface area contributed by atoms with Crippen LogP contribution >= 0.6 is 0 Å². The Morgan fingerprint density at radius 1 is 1.18 bits per heavy atom. The van der Waals surface area contributed by atoms with Crippen molar-refractivity contribution in [3.63, 3.8) is 0 Å². The Kier molecular flexibility index (Phi) is 3.14. The Balaban J connectivity index is 2.50. The summed E-state index contributed by atoms with van der Waals surface area (Å²) in [6.07, 6.45) is 2.80. The van der Waals surface area contributed by atoms with Crippen LogP contribution in [0.15, 0.2) is 17.0 Å². The Hall–Kier alpha value is -1.07. The second-order valence-electron chi connectivity index (χ2n) is 4.66. The second-order valence-corrected chi connectivity index (χ2v) is 6.65. The summed E-state index contributed by atoms with van der Waals surface area (Å²) in [6.45, 7) is 1.85. The standard InChI is InChI=1S/C12H17NO3S/c1-13-5-3-9-7-11(14)12(17(2,15)16)8-10(9)4-6-13/h7-8,14H,3-6H2,1-2H3. The molecule has 1 heterocycles. The average Bonchev–Trinajstić information content (AvgIpc) is 2.39. The van der Waals surface area contributed by atoms with Crippen LogP contribution in [0.3, 0.4) is 0 Å². The van der Waals surface area contributed by atoms with Crippen LogP contribution in [-0.2, 0) is 22.7 Å². The quantitative estimate of drug-likeness (QED) is 0.807. The third-order valence-corrected chi connectivity index (χ3v) is 4.33. The van der Waals surface area contributed by atoms with Crippen molar-refractivity contribution in [2.75, 3.05) is 26.4 Å². The fourth-order valence-electron chi connectivity index (χ4n) is 2.15. The third-order valence-electron chi connectivity index (χ3n) is 3.21. The highest BCUT2D eigenvalue weighted by molar-refractivity contribution is 7.90. The molecule has 4 nitrogen and oxygen atoms in total. The van der Waals surface area contributed by atoms with Crippen molar-refractivity contribution in [3.05, 3.63) is 23.3 Å². The molecule has 1 aromatic carbocycles. The fourth-order valence-corrected chi connectivity index (χ4v) is 2.95. The van der Waals surface area contributed by atoms with Gasteiger partial charge in [-0.25, -0.2) is 8.42 Å². The van der Waals surface area contributed by atoms with Crippen LogP contribution in [0, 0.1) is 0 Å². The highest BCUT2D eigenvalue weighted by Gasteiger charge is 2.18. The van der Waals surface area contributed by atoms with Crippen molar-refractivity contribution in [1.82, 2.24) is 4.90 Å². The zero-order chi connectivity index (χ0) is 12.6. The van der Waals surface area contributed by atoms with E-state index in [2.05, 4.69) is 4.90 Å². The molecule has 1 aliphatic rings. The summed E-state index contributed by atoms with van der Waals surface area (Å²) in [5.74, 6) is -0.129. The van der Waals surface area contributed by atoms with Gasteiger partial charge in [-0.3, -0.25) is 0 Å². The van der Waals surface area contributed by atoms with E-state index in [1.54, 1.807) is 12.1 Å². The normalized spacial score (nSPS) is 17.5. The summed E-state index contributed by atoms with van der Waals surface area (Å²) in [7, 11) is -1.31. The zero-order valence-corrected chi connectivity index (χ0v) is 10.9. The maximum Gasteiger partial charge on any atom is 0.179 e. The van der Waals surface area contributed by atoms with Crippen LogP contribution in [0.1, 0.15) is 11.1 Å². The first kappa shape index (κ1) is 12.4. The molecule has 0 fully saturated rings. The van der Waals surface area contributed by atoms with E-state index in [9.17, 15) is 13.5 Å². The highest BCUT2D eigenvalue weighted by Crippen LogP contribution is 2.28. The molecule has 0 saturated carbocycles. The number of likely N-dealkylation sites (N-methyl/N-ethyl adjacent to an activating group) is 1. The maximum atomic E-state index is 11.5. The van der Waals surface area contributed by atoms with Crippen molar-refractivity contribution in [2.24, 2.45) is 0 Å². The molecule has 94 valence electrons. The monoisotopic (exact) mass is 255 g/mol. The number of nitrogens with zero attached hydrogens (tertiary/aromatic N) is 1. The molecule has 0 atom stereocenters. The number of aromatic hydroxyl groups is 1. The van der Waals surface area contributed by atoms with Crippen molar-refractivity contribution < 1.29 is 13.5 Å². The van der Waals surface area contributed by atoms with Crippen LogP contribution in [0.4, 0.5) is 0 Å². The Bertz CT molecular complexity index is 537. The number of phenolic OH excluding ortho intramolecular Hbond substituents is 1. The van der Waals surface area contributed by atoms with E-state index in [0.29, 0.717) is 0 Å². The first-order valence-electron chi connectivity index (χ1n) is 5.61. The molecule has 5 heteroatoms. The Labute approximate surface area is 102 Å². The van der Waals surface area contributed by atoms with Gasteiger partial charge in [-0.2, -0.15) is 0 Å². The van der Waals surface area contributed by atoms with E-state index >= 15 is 0 Å². The molecule has 0 spiro atoms. The molecular weight excluding hydrogens is 238 g/mol. The van der Waals surface area contributed by atoms with Gasteiger partial charge in [-0.1, -0.05) is 0 Å². The number of sulfone groups is 1. The lowest BCUT2D eigenvalue weighted by Crippen LogP contribution is -2.20. The number of rotatable bonds is 1. The van der Waals surface area contributed by atoms with Crippen LogP contribution in [0.25, 0.3) is 0 Å². The number of hydrogen-bond donors (Lipinski definition) is 1. The molecule has 17 heavy (non-hydrogen) atoms. The SMILES string of the molecule is CN1CCc2cc(O)c(S(C)(=O)=O)cc2CC1. The second kappa shape index (κ2) is 4.31. The zero-order valence-electron chi connectivity index (χ0n) is 10.1. The largest absolute Gasteiger partial charge is 0.507 e. The van der Waals surface area contributed by atoms with Crippen molar-refractivity contribution in [2.45, 2.75) is 17.7 Å². The summed E-state index contributed by atoms with van der Waals surface area (Å²) in [4.78, 5) is 2.25. The lowest BCUT2D eigenvalue weighted by Gasteiger charge is -2.10. The molecule has 1 aliphatic heterocycles. The summed E-state index contributed by atoms with van der Waals surface area (Å²) in [6, 6.07) is 3.23. The van der Waals surface area contributed by atoms with E-state index in [1.165, 1.54) is 0 Å². The van der Waals surface area contributed by atoms with Gasteiger partial charge in [0, 0.05) is 19.3 Å². The Morgan fingerprint density at radius 3 is 2.24 bits per heavy atom. The number of fused-ring (bicyclic) bond motifs is 1. The van der Waals surface area contributed by atoms with Gasteiger partial charge < -0.3 is 10.0 Å². The van der Waals surface area contributed by atoms with Crippen molar-refractivity contribution in [1.29, 1.82) is 0 Å². The molecule has 0 radical (unpaired) electrons. The molecule has 0 aliphatic carbocycles. The van der Waals surface area contributed by atoms with Crippen LogP contribution in [0.2, 0.25) is 0 Å². The van der Waals surface area contributed by atoms with Gasteiger partial charge in [0.2, 0.25) is 0 Å². The summed E-state index contributed by atoms with van der Waals surface area (Å²) >= 11 is 0. The van der Waals surface area contributed by atoms with Gasteiger partial charge in [-0.15, -0.1) is 0 Å². The van der Waals surface area contributed by atoms with Crippen molar-refractivity contribution in [3.8, 4) is 5.75 Å². The predicted octanol–water partition coefficient (Wildman–Crippen LogP) is 0.826. The molecule has 0 aromatic heterocycles. The summed E-state index contributed by atoms with van der Waals surface area (Å²) in [5.41, 5.74) is 2.09. The fraction of sp³-hybridized carbons (Fsp3) is 0.500. The number of hydrogen-bond acceptors (Lipinski definition) is 4. The summed E-state index contributed by atoms with van der Waals surface area (Å²) < 4.78 is 23.0. The van der Waals surface area contributed by atoms with E-state index in [-0.39, 0.29) is 10.6 Å². The van der Waals surface area contributed by atoms with Crippen molar-refractivity contribution >= 4 is 9.84 Å². The molecular formula is C12H17NO3S. The first-order valence-corrected chi connectivity index (χ1v) is 7.50. The maximum absolute atomic E-state index is 11.5. The highest BCUT2D eigenvalue weighted by atomic mass is 32.2. The minimum absolute atomic E-state index is 0.0424. The lowest BCUT2D eigenvalue weighted by atomic mass is 10.0. The topological polar surface area (TPSA) is 57.6 Å². The van der Waals surface area contributed by atoms with Gasteiger partial charge in [0.15, 0.2) is 9.84 Å². The van der Waals surface area contributed by atoms with Gasteiger partial charge >= 0.3 is 0 Å². The van der Waals surface area contributed by atoms with E-state index in [4.69, 9.17) is 0 Å². The molecule has 1 N–H and O–H groups in total. The van der Waals surface area contributed by atoms with E-state index < -0.39 is 9.84 Å². The smallest absolute Gasteiger partial charge is 0.179 e. The molecule has 0 saturated heterocycles. The van der Waals surface area contributed by atoms with Gasteiger partial charge in [-0.05, 0) is 43.1 Å². The third kappa shape index (κ3) is 2.61. The van der Waals surface area contributed by atoms with Gasteiger partial charge in [0.1, 0.15) is 10.6 Å². The van der Waals surface area contributed by atoms with Gasteiger partial charge in [0.25, 0.3) is 0 Å². The van der Waals surface area contributed by atoms with Crippen LogP contribution in [0.5, 0.6) is 5.75 Å². The first-order chi connectivity index (χ1) is 7.88. The van der Waals surface area contributed by atoms with E-state index in [1.807, 2.05) is 7.05 Å². The molecule has 0 amide bonds. The summed E-state index contributed by atoms with van der Waals surface area (Å²) in [5, 5.41) is 9.77.